The Bertz CT molecular complexity index is 654. The Balaban J connectivity index is 1.93. The number of hydrogen-bond donors (Lipinski definition) is 2. The third-order valence-electron chi connectivity index (χ3n) is 4.19. The predicted molar refractivity (Wildman–Crippen MR) is 89.2 cm³/mol. The van der Waals surface area contributed by atoms with Crippen LogP contribution in [-0.4, -0.2) is 23.3 Å². The van der Waals surface area contributed by atoms with Gasteiger partial charge in [0.05, 0.1) is 6.10 Å². The van der Waals surface area contributed by atoms with E-state index in [4.69, 9.17) is 0 Å². The lowest BCUT2D eigenvalue weighted by Crippen LogP contribution is -2.44. The summed E-state index contributed by atoms with van der Waals surface area (Å²) >= 11 is 0. The van der Waals surface area contributed by atoms with E-state index in [1.54, 1.807) is 0 Å². The molecule has 0 unspecified atom stereocenters. The molecular weight excluding hydrogens is 258 g/mol. The summed E-state index contributed by atoms with van der Waals surface area (Å²) in [6.07, 6.45) is 3.62. The number of rotatable bonds is 3. The first-order valence-corrected chi connectivity index (χ1v) is 7.78. The van der Waals surface area contributed by atoms with Crippen LogP contribution in [0.15, 0.2) is 48.5 Å². The molecule has 0 spiro atoms. The third-order valence-corrected chi connectivity index (χ3v) is 4.19. The second-order valence-electron chi connectivity index (χ2n) is 6.18. The quantitative estimate of drug-likeness (QED) is 0.898. The molecular formula is C19H23NO. The zero-order valence-electron chi connectivity index (χ0n) is 12.7. The van der Waals surface area contributed by atoms with Gasteiger partial charge in [0.2, 0.25) is 0 Å². The summed E-state index contributed by atoms with van der Waals surface area (Å²) in [6.45, 7) is 4.24. The molecule has 1 aliphatic rings. The Labute approximate surface area is 126 Å². The van der Waals surface area contributed by atoms with Gasteiger partial charge < -0.3 is 10.4 Å². The number of fused-ring (bicyclic) bond motifs is 1. The average Bonchev–Trinajstić information content (AvgIpc) is 2.48. The smallest absolute Gasteiger partial charge is 0.0879 e. The molecule has 0 amide bonds. The third kappa shape index (κ3) is 3.02. The lowest BCUT2D eigenvalue weighted by molar-refractivity contribution is 0.156. The van der Waals surface area contributed by atoms with Crippen molar-refractivity contribution in [3.63, 3.8) is 0 Å². The highest BCUT2D eigenvalue weighted by atomic mass is 16.3. The van der Waals surface area contributed by atoms with Crippen molar-refractivity contribution in [2.75, 3.05) is 0 Å². The standard InChI is InChI=1S/C19H23NO/c1-13(2)20-18-11-10-15(12-19(18)21)17-9-5-7-14-6-3-4-8-16(14)17/h3-9,12-13,18-21H,10-11H2,1-2H3/t18-,19-/m1/s1. The molecule has 0 aromatic heterocycles. The second-order valence-corrected chi connectivity index (χ2v) is 6.18. The first kappa shape index (κ1) is 14.3. The fourth-order valence-corrected chi connectivity index (χ4v) is 3.23. The van der Waals surface area contributed by atoms with Crippen molar-refractivity contribution in [2.24, 2.45) is 0 Å². The SMILES string of the molecule is CC(C)N[C@@H]1CCC(c2cccc3ccccc23)=C[C@H]1O. The van der Waals surface area contributed by atoms with Crippen molar-refractivity contribution < 1.29 is 5.11 Å². The Morgan fingerprint density at radius 3 is 2.62 bits per heavy atom. The van der Waals surface area contributed by atoms with Crippen LogP contribution < -0.4 is 5.32 Å². The molecule has 0 heterocycles. The van der Waals surface area contributed by atoms with Crippen molar-refractivity contribution in [1.29, 1.82) is 0 Å². The van der Waals surface area contributed by atoms with Gasteiger partial charge in [0.1, 0.15) is 0 Å². The van der Waals surface area contributed by atoms with Crippen molar-refractivity contribution in [3.8, 4) is 0 Å². The zero-order chi connectivity index (χ0) is 14.8. The first-order valence-electron chi connectivity index (χ1n) is 7.78. The molecule has 2 N–H and O–H groups in total. The number of benzene rings is 2. The molecule has 0 fully saturated rings. The van der Waals surface area contributed by atoms with Crippen LogP contribution in [0.4, 0.5) is 0 Å². The monoisotopic (exact) mass is 281 g/mol. The number of aliphatic hydroxyl groups is 1. The largest absolute Gasteiger partial charge is 0.387 e. The van der Waals surface area contributed by atoms with E-state index in [0.29, 0.717) is 6.04 Å². The molecule has 0 saturated heterocycles. The molecule has 0 radical (unpaired) electrons. The fraction of sp³-hybridized carbons (Fsp3) is 0.368. The van der Waals surface area contributed by atoms with Crippen LogP contribution in [0.3, 0.4) is 0 Å². The van der Waals surface area contributed by atoms with Crippen molar-refractivity contribution in [3.05, 3.63) is 54.1 Å². The molecule has 2 aromatic carbocycles. The van der Waals surface area contributed by atoms with E-state index in [-0.39, 0.29) is 6.04 Å². The van der Waals surface area contributed by atoms with Crippen molar-refractivity contribution in [2.45, 2.75) is 44.9 Å². The minimum absolute atomic E-state index is 0.170. The van der Waals surface area contributed by atoms with Crippen LogP contribution >= 0.6 is 0 Å². The highest BCUT2D eigenvalue weighted by Gasteiger charge is 2.24. The topological polar surface area (TPSA) is 32.3 Å². The van der Waals surface area contributed by atoms with Crippen LogP contribution in [0, 0.1) is 0 Å². The van der Waals surface area contributed by atoms with Crippen LogP contribution in [0.5, 0.6) is 0 Å². The van der Waals surface area contributed by atoms with E-state index in [1.807, 2.05) is 6.08 Å². The molecule has 2 atom stereocenters. The van der Waals surface area contributed by atoms with Gasteiger partial charge in [0.15, 0.2) is 0 Å². The van der Waals surface area contributed by atoms with Crippen LogP contribution in [-0.2, 0) is 0 Å². The summed E-state index contributed by atoms with van der Waals surface area (Å²) in [5, 5.41) is 16.4. The van der Waals surface area contributed by atoms with E-state index in [0.717, 1.165) is 12.8 Å². The number of hydrogen-bond acceptors (Lipinski definition) is 2. The Kier molecular flexibility index (Phi) is 4.09. The van der Waals surface area contributed by atoms with Crippen molar-refractivity contribution >= 4 is 16.3 Å². The molecule has 110 valence electrons. The molecule has 0 saturated carbocycles. The van der Waals surface area contributed by atoms with Gasteiger partial charge in [-0.3, -0.25) is 0 Å². The molecule has 21 heavy (non-hydrogen) atoms. The molecule has 2 nitrogen and oxygen atoms in total. The van der Waals surface area contributed by atoms with Gasteiger partial charge in [0, 0.05) is 12.1 Å². The van der Waals surface area contributed by atoms with E-state index >= 15 is 0 Å². The zero-order valence-corrected chi connectivity index (χ0v) is 12.7. The lowest BCUT2D eigenvalue weighted by Gasteiger charge is -2.30. The van der Waals surface area contributed by atoms with Gasteiger partial charge in [-0.2, -0.15) is 0 Å². The lowest BCUT2D eigenvalue weighted by atomic mass is 9.86. The Hall–Kier alpha value is -1.64. The maximum absolute atomic E-state index is 10.4. The van der Waals surface area contributed by atoms with E-state index < -0.39 is 6.10 Å². The highest BCUT2D eigenvalue weighted by Crippen LogP contribution is 2.32. The summed E-state index contributed by atoms with van der Waals surface area (Å²) < 4.78 is 0. The maximum atomic E-state index is 10.4. The van der Waals surface area contributed by atoms with Gasteiger partial charge in [-0.05, 0) is 34.8 Å². The first-order chi connectivity index (χ1) is 10.1. The maximum Gasteiger partial charge on any atom is 0.0879 e. The van der Waals surface area contributed by atoms with Gasteiger partial charge in [0.25, 0.3) is 0 Å². The minimum Gasteiger partial charge on any atom is -0.387 e. The van der Waals surface area contributed by atoms with Gasteiger partial charge in [-0.25, -0.2) is 0 Å². The Morgan fingerprint density at radius 1 is 1.10 bits per heavy atom. The van der Waals surface area contributed by atoms with Gasteiger partial charge in [-0.15, -0.1) is 0 Å². The second kappa shape index (κ2) is 6.00. The molecule has 1 aliphatic carbocycles. The highest BCUT2D eigenvalue weighted by molar-refractivity contribution is 5.94. The van der Waals surface area contributed by atoms with Crippen LogP contribution in [0.1, 0.15) is 32.3 Å². The molecule has 2 heteroatoms. The number of nitrogens with one attached hydrogen (secondary N) is 1. The summed E-state index contributed by atoms with van der Waals surface area (Å²) in [6, 6.07) is 15.4. The predicted octanol–water partition coefficient (Wildman–Crippen LogP) is 3.74. The average molecular weight is 281 g/mol. The van der Waals surface area contributed by atoms with Crippen LogP contribution in [0.25, 0.3) is 16.3 Å². The number of allylic oxidation sites excluding steroid dienone is 1. The number of aliphatic hydroxyl groups excluding tert-OH is 1. The van der Waals surface area contributed by atoms with Gasteiger partial charge in [-0.1, -0.05) is 62.4 Å². The van der Waals surface area contributed by atoms with E-state index in [9.17, 15) is 5.11 Å². The summed E-state index contributed by atoms with van der Waals surface area (Å²) in [5.41, 5.74) is 2.52. The van der Waals surface area contributed by atoms with Gasteiger partial charge >= 0.3 is 0 Å². The van der Waals surface area contributed by atoms with E-state index in [1.165, 1.54) is 21.9 Å². The van der Waals surface area contributed by atoms with E-state index in [2.05, 4.69) is 61.6 Å². The normalized spacial score (nSPS) is 22.6. The van der Waals surface area contributed by atoms with Crippen LogP contribution in [0.2, 0.25) is 0 Å². The molecule has 3 rings (SSSR count). The summed E-state index contributed by atoms with van der Waals surface area (Å²) in [4.78, 5) is 0. The molecule has 2 aromatic rings. The summed E-state index contributed by atoms with van der Waals surface area (Å²) in [7, 11) is 0. The van der Waals surface area contributed by atoms with Crippen molar-refractivity contribution in [1.82, 2.24) is 5.32 Å². The Morgan fingerprint density at radius 2 is 1.86 bits per heavy atom. The molecule has 0 aliphatic heterocycles. The summed E-state index contributed by atoms with van der Waals surface area (Å²) in [5.74, 6) is 0. The minimum atomic E-state index is -0.407. The molecule has 0 bridgehead atoms. The fourth-order valence-electron chi connectivity index (χ4n) is 3.23.